The molecule has 0 aliphatic heterocycles. The number of nitrogens with two attached hydrogens (primary N) is 1. The Morgan fingerprint density at radius 3 is 2.18 bits per heavy atom. The molecule has 0 radical (unpaired) electrons. The Morgan fingerprint density at radius 2 is 1.73 bits per heavy atom. The maximum Gasteiger partial charge on any atom is 0.305 e. The molecule has 5 heteroatoms. The van der Waals surface area contributed by atoms with E-state index in [0.29, 0.717) is 12.3 Å². The summed E-state index contributed by atoms with van der Waals surface area (Å²) in [5, 5.41) is 10.3. The van der Waals surface area contributed by atoms with E-state index in [1.165, 1.54) is 5.01 Å². The van der Waals surface area contributed by atoms with Gasteiger partial charge in [-0.1, -0.05) is 60.3 Å². The molecule has 4 atom stereocenters. The zero-order valence-electron chi connectivity index (χ0n) is 14.8. The lowest BCUT2D eigenvalue weighted by atomic mass is 9.83. The second kappa shape index (κ2) is 10.6. The van der Waals surface area contributed by atoms with Gasteiger partial charge in [-0.15, -0.1) is 0 Å². The Hall–Kier alpha value is -1.10. The highest BCUT2D eigenvalue weighted by Gasteiger charge is 2.31. The molecule has 0 aliphatic rings. The molecule has 0 spiro atoms. The molecule has 5 nitrogen and oxygen atoms in total. The molecule has 0 aromatic heterocycles. The maximum absolute atomic E-state index is 12.3. The number of carboxylic acids is 1. The predicted octanol–water partition coefficient (Wildman–Crippen LogP) is 3.43. The number of unbranched alkanes of at least 4 members (excludes halogenated alkanes) is 1. The van der Waals surface area contributed by atoms with Crippen LogP contribution in [-0.4, -0.2) is 28.0 Å². The molecule has 22 heavy (non-hydrogen) atoms. The van der Waals surface area contributed by atoms with Crippen molar-refractivity contribution >= 4 is 11.9 Å². The first-order valence-electron chi connectivity index (χ1n) is 8.52. The minimum absolute atomic E-state index is 0.0635. The first kappa shape index (κ1) is 20.9. The average molecular weight is 314 g/mol. The van der Waals surface area contributed by atoms with Crippen molar-refractivity contribution < 1.29 is 14.7 Å². The van der Waals surface area contributed by atoms with Gasteiger partial charge < -0.3 is 5.11 Å². The highest BCUT2D eigenvalue weighted by atomic mass is 16.4. The molecule has 0 aromatic carbocycles. The lowest BCUT2D eigenvalue weighted by molar-refractivity contribution is -0.143. The molecule has 3 N–H and O–H groups in total. The summed E-state index contributed by atoms with van der Waals surface area (Å²) in [7, 11) is 0. The zero-order chi connectivity index (χ0) is 17.3. The molecule has 0 aliphatic carbocycles. The number of carboxylic acid groups (broad SMARTS) is 1. The van der Waals surface area contributed by atoms with Crippen LogP contribution in [0.1, 0.15) is 73.1 Å². The van der Waals surface area contributed by atoms with Gasteiger partial charge in [0.05, 0.1) is 12.5 Å². The van der Waals surface area contributed by atoms with Crippen molar-refractivity contribution in [2.24, 2.45) is 23.6 Å². The molecule has 4 unspecified atom stereocenters. The number of carbonyl (C=O) groups excluding carboxylic acids is 1. The van der Waals surface area contributed by atoms with Crippen molar-refractivity contribution in [3.8, 4) is 0 Å². The lowest BCUT2D eigenvalue weighted by Gasteiger charge is -2.35. The van der Waals surface area contributed by atoms with Crippen LogP contribution < -0.4 is 5.84 Å². The molecule has 0 aromatic rings. The van der Waals surface area contributed by atoms with Gasteiger partial charge in [0.1, 0.15) is 0 Å². The summed E-state index contributed by atoms with van der Waals surface area (Å²) in [6.45, 7) is 10.3. The van der Waals surface area contributed by atoms with E-state index < -0.39 is 12.0 Å². The fourth-order valence-corrected chi connectivity index (χ4v) is 2.62. The molecule has 0 bridgehead atoms. The number of carbonyl (C=O) groups is 2. The van der Waals surface area contributed by atoms with Gasteiger partial charge in [0.2, 0.25) is 5.91 Å². The SMILES string of the molecule is CCCCC(C)C(C)C(CC(=O)O)N(N)C(=O)CC(C)CC. The quantitative estimate of drug-likeness (QED) is 0.348. The van der Waals surface area contributed by atoms with Gasteiger partial charge in [-0.3, -0.25) is 14.6 Å². The zero-order valence-corrected chi connectivity index (χ0v) is 14.8. The van der Waals surface area contributed by atoms with Gasteiger partial charge in [-0.2, -0.15) is 0 Å². The predicted molar refractivity (Wildman–Crippen MR) is 89.0 cm³/mol. The number of hydrogen-bond donors (Lipinski definition) is 2. The van der Waals surface area contributed by atoms with Crippen LogP contribution in [0, 0.1) is 17.8 Å². The van der Waals surface area contributed by atoms with Crippen LogP contribution in [0.25, 0.3) is 0 Å². The summed E-state index contributed by atoms with van der Waals surface area (Å²) < 4.78 is 0. The fourth-order valence-electron chi connectivity index (χ4n) is 2.62. The topological polar surface area (TPSA) is 83.6 Å². The second-order valence-electron chi connectivity index (χ2n) is 6.66. The van der Waals surface area contributed by atoms with E-state index in [9.17, 15) is 9.59 Å². The Kier molecular flexibility index (Phi) is 10.1. The molecule has 0 rings (SSSR count). The summed E-state index contributed by atoms with van der Waals surface area (Å²) in [6, 6.07) is -0.444. The third-order valence-corrected chi connectivity index (χ3v) is 4.77. The smallest absolute Gasteiger partial charge is 0.305 e. The maximum atomic E-state index is 12.3. The molecule has 1 amide bonds. The summed E-state index contributed by atoms with van der Waals surface area (Å²) in [4.78, 5) is 23.4. The summed E-state index contributed by atoms with van der Waals surface area (Å²) >= 11 is 0. The van der Waals surface area contributed by atoms with Crippen LogP contribution in [0.4, 0.5) is 0 Å². The summed E-state index contributed by atoms with van der Waals surface area (Å²) in [5.74, 6) is 5.60. The van der Waals surface area contributed by atoms with E-state index in [1.807, 2.05) is 20.8 Å². The lowest BCUT2D eigenvalue weighted by Crippen LogP contribution is -2.51. The van der Waals surface area contributed by atoms with Crippen molar-refractivity contribution in [2.75, 3.05) is 0 Å². The van der Waals surface area contributed by atoms with Gasteiger partial charge in [0.15, 0.2) is 0 Å². The van der Waals surface area contributed by atoms with E-state index in [1.54, 1.807) is 0 Å². The molecule has 0 fully saturated rings. The van der Waals surface area contributed by atoms with Gasteiger partial charge in [0.25, 0.3) is 0 Å². The molecular formula is C17H34N2O3. The second-order valence-corrected chi connectivity index (χ2v) is 6.66. The van der Waals surface area contributed by atoms with Crippen LogP contribution in [0.2, 0.25) is 0 Å². The highest BCUT2D eigenvalue weighted by Crippen LogP contribution is 2.26. The van der Waals surface area contributed by atoms with E-state index in [4.69, 9.17) is 10.9 Å². The molecular weight excluding hydrogens is 280 g/mol. The first-order valence-corrected chi connectivity index (χ1v) is 8.52. The molecule has 0 saturated carbocycles. The van der Waals surface area contributed by atoms with Crippen LogP contribution in [0.3, 0.4) is 0 Å². The Morgan fingerprint density at radius 1 is 1.14 bits per heavy atom. The van der Waals surface area contributed by atoms with Gasteiger partial charge in [-0.25, -0.2) is 5.84 Å². The summed E-state index contributed by atoms with van der Waals surface area (Å²) in [6.07, 6.45) is 4.43. The van der Waals surface area contributed by atoms with E-state index >= 15 is 0 Å². The van der Waals surface area contributed by atoms with Crippen LogP contribution in [0.5, 0.6) is 0 Å². The van der Waals surface area contributed by atoms with Crippen molar-refractivity contribution in [2.45, 2.75) is 79.2 Å². The standard InChI is InChI=1S/C17H34N2O3/c1-6-8-9-13(4)14(5)15(11-17(21)22)19(18)16(20)10-12(3)7-2/h12-15H,6-11,18H2,1-5H3,(H,21,22). The van der Waals surface area contributed by atoms with Gasteiger partial charge in [-0.05, 0) is 17.8 Å². The average Bonchev–Trinajstić information content (AvgIpc) is 2.48. The Bertz CT molecular complexity index is 347. The number of amides is 1. The van der Waals surface area contributed by atoms with Crippen LogP contribution >= 0.6 is 0 Å². The molecule has 0 heterocycles. The minimum Gasteiger partial charge on any atom is -0.481 e. The number of rotatable bonds is 11. The number of hydrogen-bond acceptors (Lipinski definition) is 3. The largest absolute Gasteiger partial charge is 0.481 e. The number of hydrazine groups is 1. The Labute approximate surface area is 135 Å². The fraction of sp³-hybridized carbons (Fsp3) is 0.882. The van der Waals surface area contributed by atoms with Crippen molar-refractivity contribution in [3.63, 3.8) is 0 Å². The van der Waals surface area contributed by atoms with Gasteiger partial charge >= 0.3 is 5.97 Å². The van der Waals surface area contributed by atoms with Crippen molar-refractivity contribution in [3.05, 3.63) is 0 Å². The Balaban J connectivity index is 4.93. The third kappa shape index (κ3) is 7.25. The molecule has 0 saturated heterocycles. The summed E-state index contributed by atoms with van der Waals surface area (Å²) in [5.41, 5.74) is 0. The highest BCUT2D eigenvalue weighted by molar-refractivity contribution is 5.77. The van der Waals surface area contributed by atoms with Crippen LogP contribution in [-0.2, 0) is 9.59 Å². The van der Waals surface area contributed by atoms with Crippen LogP contribution in [0.15, 0.2) is 0 Å². The van der Waals surface area contributed by atoms with Crippen molar-refractivity contribution in [1.29, 1.82) is 0 Å². The van der Waals surface area contributed by atoms with E-state index in [-0.39, 0.29) is 24.2 Å². The third-order valence-electron chi connectivity index (χ3n) is 4.77. The van der Waals surface area contributed by atoms with Gasteiger partial charge in [0, 0.05) is 6.42 Å². The molecule has 130 valence electrons. The minimum atomic E-state index is -0.911. The van der Waals surface area contributed by atoms with Crippen molar-refractivity contribution in [1.82, 2.24) is 5.01 Å². The normalized spacial score (nSPS) is 16.6. The number of aliphatic carboxylic acids is 1. The van der Waals surface area contributed by atoms with E-state index in [2.05, 4.69) is 13.8 Å². The van der Waals surface area contributed by atoms with E-state index in [0.717, 1.165) is 25.7 Å². The first-order chi connectivity index (χ1) is 10.2. The monoisotopic (exact) mass is 314 g/mol. The number of nitrogens with zero attached hydrogens (tertiary/aromatic N) is 1.